The Balaban J connectivity index is 1.54. The molecule has 0 radical (unpaired) electrons. The summed E-state index contributed by atoms with van der Waals surface area (Å²) in [6.07, 6.45) is 2.02. The zero-order valence-electron chi connectivity index (χ0n) is 18.3. The number of benzene rings is 2. The number of nitrogens with one attached hydrogen (secondary N) is 1. The van der Waals surface area contributed by atoms with E-state index in [9.17, 15) is 5.11 Å². The summed E-state index contributed by atoms with van der Waals surface area (Å²) in [4.78, 5) is 9.28. The highest BCUT2D eigenvalue weighted by atomic mass is 16.4. The third-order valence-corrected chi connectivity index (χ3v) is 5.64. The van der Waals surface area contributed by atoms with Crippen molar-refractivity contribution < 1.29 is 9.52 Å². The van der Waals surface area contributed by atoms with Gasteiger partial charge in [0.25, 0.3) is 0 Å². The fraction of sp³-hybridized carbons (Fsp3) is 0.154. The van der Waals surface area contributed by atoms with Gasteiger partial charge in [-0.15, -0.1) is 0 Å². The predicted molar refractivity (Wildman–Crippen MR) is 126 cm³/mol. The Hall–Kier alpha value is -3.90. The summed E-state index contributed by atoms with van der Waals surface area (Å²) in [7, 11) is 0. The van der Waals surface area contributed by atoms with Crippen molar-refractivity contribution in [1.82, 2.24) is 14.4 Å². The first-order chi connectivity index (χ1) is 15.5. The van der Waals surface area contributed by atoms with Gasteiger partial charge in [-0.25, -0.2) is 9.97 Å². The number of fused-ring (bicyclic) bond motifs is 1. The van der Waals surface area contributed by atoms with Crippen LogP contribution in [-0.4, -0.2) is 19.5 Å². The van der Waals surface area contributed by atoms with Crippen LogP contribution in [0.15, 0.2) is 71.3 Å². The molecule has 32 heavy (non-hydrogen) atoms. The van der Waals surface area contributed by atoms with Gasteiger partial charge in [0.1, 0.15) is 0 Å². The second-order valence-electron chi connectivity index (χ2n) is 7.83. The van der Waals surface area contributed by atoms with Crippen LogP contribution < -0.4 is 5.32 Å². The molecule has 0 fully saturated rings. The topological polar surface area (TPSA) is 75.6 Å². The zero-order valence-corrected chi connectivity index (χ0v) is 18.3. The number of aliphatic hydroxyl groups excluding tert-OH is 1. The van der Waals surface area contributed by atoms with E-state index in [0.717, 1.165) is 50.8 Å². The lowest BCUT2D eigenvalue weighted by Crippen LogP contribution is -1.98. The van der Waals surface area contributed by atoms with Gasteiger partial charge in [0.15, 0.2) is 17.3 Å². The molecule has 2 aromatic carbocycles. The minimum atomic E-state index is -0.102. The molecule has 3 heterocycles. The Labute approximate surface area is 186 Å². The Morgan fingerprint density at radius 2 is 1.78 bits per heavy atom. The standard InChI is InChI=1S/C26H24N4O2/c1-16-25(32-18(3)27-16)22-12-11-21(14-20(22)15-31)28-23-10-7-13-30-17(2)24(29-26(23)30)19-8-5-4-6-9-19/h4-14,28,31H,15H2,1-3H3. The van der Waals surface area contributed by atoms with Crippen LogP contribution in [0.5, 0.6) is 0 Å². The Morgan fingerprint density at radius 1 is 0.969 bits per heavy atom. The maximum Gasteiger partial charge on any atom is 0.192 e. The van der Waals surface area contributed by atoms with Gasteiger partial charge in [-0.1, -0.05) is 30.3 Å². The molecule has 160 valence electrons. The number of hydrogen-bond acceptors (Lipinski definition) is 5. The molecule has 0 aliphatic heterocycles. The molecule has 0 aliphatic carbocycles. The molecule has 5 aromatic rings. The van der Waals surface area contributed by atoms with Gasteiger partial charge in [0.05, 0.1) is 23.7 Å². The molecule has 0 amide bonds. The molecule has 6 nitrogen and oxygen atoms in total. The SMILES string of the molecule is Cc1nc(C)c(-c2ccc(Nc3cccn4c(C)c(-c5ccccc5)nc34)cc2CO)o1. The minimum absolute atomic E-state index is 0.102. The Kier molecular flexibility index (Phi) is 4.99. The van der Waals surface area contributed by atoms with Gasteiger partial charge in [0.2, 0.25) is 0 Å². The number of oxazole rings is 1. The molecule has 2 N–H and O–H groups in total. The van der Waals surface area contributed by atoms with Crippen molar-refractivity contribution in [2.24, 2.45) is 0 Å². The molecule has 0 spiro atoms. The molecular formula is C26H24N4O2. The van der Waals surface area contributed by atoms with E-state index in [2.05, 4.69) is 33.8 Å². The van der Waals surface area contributed by atoms with Crippen molar-refractivity contribution in [3.05, 3.63) is 89.7 Å². The second-order valence-corrected chi connectivity index (χ2v) is 7.83. The molecule has 5 rings (SSSR count). The summed E-state index contributed by atoms with van der Waals surface area (Å²) in [6, 6.07) is 20.1. The van der Waals surface area contributed by atoms with Gasteiger partial charge < -0.3 is 19.2 Å². The number of aromatic nitrogens is 3. The molecule has 0 saturated heterocycles. The summed E-state index contributed by atoms with van der Waals surface area (Å²) in [5.74, 6) is 1.30. The first kappa shape index (κ1) is 20.0. The van der Waals surface area contributed by atoms with E-state index in [1.165, 1.54) is 0 Å². The van der Waals surface area contributed by atoms with Crippen LogP contribution in [0.3, 0.4) is 0 Å². The molecule has 0 bridgehead atoms. The van der Waals surface area contributed by atoms with Crippen LogP contribution in [0, 0.1) is 20.8 Å². The van der Waals surface area contributed by atoms with E-state index < -0.39 is 0 Å². The van der Waals surface area contributed by atoms with E-state index in [1.54, 1.807) is 0 Å². The van der Waals surface area contributed by atoms with E-state index >= 15 is 0 Å². The van der Waals surface area contributed by atoms with Gasteiger partial charge in [-0.3, -0.25) is 0 Å². The average Bonchev–Trinajstić information content (AvgIpc) is 3.33. The molecule has 6 heteroatoms. The van der Waals surface area contributed by atoms with Gasteiger partial charge in [-0.05, 0) is 49.7 Å². The van der Waals surface area contributed by atoms with Crippen LogP contribution in [0.2, 0.25) is 0 Å². The monoisotopic (exact) mass is 424 g/mol. The first-order valence-electron chi connectivity index (χ1n) is 10.5. The molecule has 0 atom stereocenters. The van der Waals surface area contributed by atoms with Crippen LogP contribution in [0.1, 0.15) is 22.8 Å². The summed E-state index contributed by atoms with van der Waals surface area (Å²) in [6.45, 7) is 5.70. The molecular weight excluding hydrogens is 400 g/mol. The number of nitrogens with zero attached hydrogens (tertiary/aromatic N) is 3. The number of aliphatic hydroxyl groups is 1. The maximum atomic E-state index is 10.00. The largest absolute Gasteiger partial charge is 0.441 e. The number of hydrogen-bond donors (Lipinski definition) is 2. The number of rotatable bonds is 5. The van der Waals surface area contributed by atoms with Crippen molar-refractivity contribution in [2.75, 3.05) is 5.32 Å². The molecule has 0 aliphatic rings. The van der Waals surface area contributed by atoms with E-state index in [-0.39, 0.29) is 6.61 Å². The fourth-order valence-corrected chi connectivity index (χ4v) is 4.11. The Morgan fingerprint density at radius 3 is 2.50 bits per heavy atom. The second kappa shape index (κ2) is 7.98. The summed E-state index contributed by atoms with van der Waals surface area (Å²) in [5.41, 5.74) is 8.15. The minimum Gasteiger partial charge on any atom is -0.441 e. The highest BCUT2D eigenvalue weighted by Gasteiger charge is 2.16. The summed E-state index contributed by atoms with van der Waals surface area (Å²) < 4.78 is 7.85. The van der Waals surface area contributed by atoms with Crippen molar-refractivity contribution in [3.63, 3.8) is 0 Å². The number of aryl methyl sites for hydroxylation is 3. The highest BCUT2D eigenvalue weighted by Crippen LogP contribution is 2.32. The third-order valence-electron chi connectivity index (χ3n) is 5.64. The Bertz CT molecular complexity index is 1420. The van der Waals surface area contributed by atoms with Crippen molar-refractivity contribution >= 4 is 17.0 Å². The van der Waals surface area contributed by atoms with Crippen molar-refractivity contribution in [3.8, 4) is 22.6 Å². The van der Waals surface area contributed by atoms with Crippen LogP contribution in [0.4, 0.5) is 11.4 Å². The molecule has 3 aromatic heterocycles. The van der Waals surface area contributed by atoms with Gasteiger partial charge >= 0.3 is 0 Å². The maximum absolute atomic E-state index is 10.00. The van der Waals surface area contributed by atoms with Crippen LogP contribution >= 0.6 is 0 Å². The first-order valence-corrected chi connectivity index (χ1v) is 10.5. The fourth-order valence-electron chi connectivity index (χ4n) is 4.11. The summed E-state index contributed by atoms with van der Waals surface area (Å²) >= 11 is 0. The lowest BCUT2D eigenvalue weighted by atomic mass is 10.0. The van der Waals surface area contributed by atoms with E-state index in [0.29, 0.717) is 11.7 Å². The number of imidazole rings is 1. The predicted octanol–water partition coefficient (Wildman–Crippen LogP) is 5.82. The lowest BCUT2D eigenvalue weighted by Gasteiger charge is -2.12. The summed E-state index contributed by atoms with van der Waals surface area (Å²) in [5, 5.41) is 13.5. The quantitative estimate of drug-likeness (QED) is 0.372. The van der Waals surface area contributed by atoms with Crippen molar-refractivity contribution in [2.45, 2.75) is 27.4 Å². The van der Waals surface area contributed by atoms with Gasteiger partial charge in [-0.2, -0.15) is 0 Å². The normalized spacial score (nSPS) is 11.2. The average molecular weight is 425 g/mol. The van der Waals surface area contributed by atoms with E-state index in [4.69, 9.17) is 9.40 Å². The van der Waals surface area contributed by atoms with E-state index in [1.807, 2.05) is 68.6 Å². The number of pyridine rings is 1. The molecule has 0 saturated carbocycles. The number of anilines is 2. The molecule has 0 unspecified atom stereocenters. The van der Waals surface area contributed by atoms with Crippen molar-refractivity contribution in [1.29, 1.82) is 0 Å². The van der Waals surface area contributed by atoms with Crippen LogP contribution in [-0.2, 0) is 6.61 Å². The highest BCUT2D eigenvalue weighted by molar-refractivity contribution is 5.79. The smallest absolute Gasteiger partial charge is 0.192 e. The zero-order chi connectivity index (χ0) is 22.2. The third kappa shape index (κ3) is 3.44. The van der Waals surface area contributed by atoms with Crippen LogP contribution in [0.25, 0.3) is 28.2 Å². The lowest BCUT2D eigenvalue weighted by molar-refractivity contribution is 0.282. The van der Waals surface area contributed by atoms with Gasteiger partial charge in [0, 0.05) is 35.6 Å².